The van der Waals surface area contributed by atoms with Gasteiger partial charge in [-0.15, -0.1) is 0 Å². The van der Waals surface area contributed by atoms with Gasteiger partial charge in [-0.3, -0.25) is 9.59 Å². The number of amides is 1. The van der Waals surface area contributed by atoms with E-state index in [1.54, 1.807) is 0 Å². The maximum Gasteiger partial charge on any atom is 0.322 e. The summed E-state index contributed by atoms with van der Waals surface area (Å²) in [6.45, 7) is -0.921. The molecule has 0 aromatic heterocycles. The molecule has 0 unspecified atom stereocenters. The van der Waals surface area contributed by atoms with E-state index in [0.717, 1.165) is 12.8 Å². The van der Waals surface area contributed by atoms with E-state index >= 15 is 0 Å². The first kappa shape index (κ1) is 13.9. The predicted octanol–water partition coefficient (Wildman–Crippen LogP) is -0.951. The van der Waals surface area contributed by atoms with Crippen molar-refractivity contribution in [2.24, 2.45) is 0 Å². The van der Waals surface area contributed by atoms with E-state index in [0.29, 0.717) is 12.8 Å². The third-order valence-electron chi connectivity index (χ3n) is 2.61. The van der Waals surface area contributed by atoms with Crippen molar-refractivity contribution < 1.29 is 23.1 Å². The van der Waals surface area contributed by atoms with Crippen LogP contribution in [-0.4, -0.2) is 43.7 Å². The minimum atomic E-state index is -3.45. The number of carbonyl (C=O) groups excluding carboxylic acids is 1. The summed E-state index contributed by atoms with van der Waals surface area (Å²) in [5, 5.41) is 9.97. The molecule has 0 radical (unpaired) electrons. The lowest BCUT2D eigenvalue weighted by Gasteiger charge is -2.11. The Morgan fingerprint density at radius 2 is 1.76 bits per heavy atom. The van der Waals surface area contributed by atoms with Crippen LogP contribution in [0.1, 0.15) is 25.7 Å². The number of aliphatic carboxylic acids is 1. The molecular weight excluding hydrogens is 248 g/mol. The summed E-state index contributed by atoms with van der Waals surface area (Å²) in [6.07, 6.45) is 3.01. The van der Waals surface area contributed by atoms with Crippen LogP contribution < -0.4 is 10.0 Å². The number of hydrogen-bond acceptors (Lipinski definition) is 4. The summed E-state index contributed by atoms with van der Waals surface area (Å²) in [5.74, 6) is -1.81. The highest BCUT2D eigenvalue weighted by atomic mass is 32.2. The fourth-order valence-corrected chi connectivity index (χ4v) is 3.24. The Labute approximate surface area is 99.6 Å². The second kappa shape index (κ2) is 5.97. The van der Waals surface area contributed by atoms with Gasteiger partial charge in [0.25, 0.3) is 0 Å². The van der Waals surface area contributed by atoms with Crippen LogP contribution in [0.25, 0.3) is 0 Å². The minimum Gasteiger partial charge on any atom is -0.480 e. The first-order valence-electron chi connectivity index (χ1n) is 5.39. The van der Waals surface area contributed by atoms with E-state index in [1.165, 1.54) is 0 Å². The normalized spacial score (nSPS) is 16.9. The second-order valence-electron chi connectivity index (χ2n) is 3.94. The number of carboxylic acid groups (broad SMARTS) is 1. The summed E-state index contributed by atoms with van der Waals surface area (Å²) < 4.78 is 25.5. The molecule has 8 heteroatoms. The molecule has 1 saturated carbocycles. The lowest BCUT2D eigenvalue weighted by molar-refractivity contribution is -0.137. The maximum atomic E-state index is 11.7. The first-order chi connectivity index (χ1) is 7.92. The van der Waals surface area contributed by atoms with Gasteiger partial charge in [-0.05, 0) is 12.8 Å². The van der Waals surface area contributed by atoms with Crippen molar-refractivity contribution >= 4 is 21.9 Å². The molecule has 1 fully saturated rings. The van der Waals surface area contributed by atoms with Crippen LogP contribution in [0.3, 0.4) is 0 Å². The van der Waals surface area contributed by atoms with E-state index in [9.17, 15) is 18.0 Å². The molecule has 0 aromatic carbocycles. The molecule has 1 aliphatic rings. The molecule has 7 nitrogen and oxygen atoms in total. The van der Waals surface area contributed by atoms with Gasteiger partial charge in [-0.25, -0.2) is 13.1 Å². The number of carbonyl (C=O) groups is 2. The van der Waals surface area contributed by atoms with Gasteiger partial charge >= 0.3 is 5.97 Å². The average Bonchev–Trinajstić information content (AvgIpc) is 2.77. The number of carboxylic acids is 1. The lowest BCUT2D eigenvalue weighted by Crippen LogP contribution is -2.41. The molecule has 0 saturated heterocycles. The third kappa shape index (κ3) is 4.70. The van der Waals surface area contributed by atoms with Gasteiger partial charge in [0.1, 0.15) is 6.54 Å². The largest absolute Gasteiger partial charge is 0.480 e. The highest BCUT2D eigenvalue weighted by Crippen LogP contribution is 2.23. The summed E-state index contributed by atoms with van der Waals surface area (Å²) >= 11 is 0. The fourth-order valence-electron chi connectivity index (χ4n) is 1.72. The molecule has 1 aliphatic carbocycles. The van der Waals surface area contributed by atoms with Crippen molar-refractivity contribution in [2.45, 2.75) is 30.9 Å². The zero-order chi connectivity index (χ0) is 12.9. The van der Waals surface area contributed by atoms with Crippen LogP contribution in [0.5, 0.6) is 0 Å². The highest BCUT2D eigenvalue weighted by Gasteiger charge is 2.28. The highest BCUT2D eigenvalue weighted by molar-refractivity contribution is 7.90. The molecule has 1 amide bonds. The van der Waals surface area contributed by atoms with Crippen molar-refractivity contribution in [3.8, 4) is 0 Å². The third-order valence-corrected chi connectivity index (χ3v) is 4.51. The number of nitrogens with one attached hydrogen (secondary N) is 2. The summed E-state index contributed by atoms with van der Waals surface area (Å²) in [5.41, 5.74) is 0. The Bertz CT molecular complexity index is 386. The summed E-state index contributed by atoms with van der Waals surface area (Å²) in [6, 6.07) is 0. The van der Waals surface area contributed by atoms with E-state index in [4.69, 9.17) is 5.11 Å². The quantitative estimate of drug-likeness (QED) is 0.572. The van der Waals surface area contributed by atoms with Gasteiger partial charge in [0.15, 0.2) is 0 Å². The number of sulfonamides is 1. The van der Waals surface area contributed by atoms with E-state index in [-0.39, 0.29) is 0 Å². The van der Waals surface area contributed by atoms with Gasteiger partial charge in [0.05, 0.1) is 11.8 Å². The van der Waals surface area contributed by atoms with Gasteiger partial charge < -0.3 is 10.4 Å². The van der Waals surface area contributed by atoms with E-state index in [2.05, 4.69) is 10.0 Å². The Hall–Kier alpha value is -1.15. The van der Waals surface area contributed by atoms with E-state index in [1.807, 2.05) is 0 Å². The van der Waals surface area contributed by atoms with Crippen LogP contribution in [0.4, 0.5) is 0 Å². The van der Waals surface area contributed by atoms with Crippen molar-refractivity contribution in [3.05, 3.63) is 0 Å². The average molecular weight is 264 g/mol. The second-order valence-corrected chi connectivity index (χ2v) is 5.99. The zero-order valence-electron chi connectivity index (χ0n) is 9.31. The molecule has 0 bridgehead atoms. The molecule has 0 spiro atoms. The molecule has 17 heavy (non-hydrogen) atoms. The molecule has 0 heterocycles. The van der Waals surface area contributed by atoms with E-state index < -0.39 is 40.2 Å². The molecule has 0 atom stereocenters. The first-order valence-corrected chi connectivity index (χ1v) is 6.93. The van der Waals surface area contributed by atoms with Crippen LogP contribution in [0.2, 0.25) is 0 Å². The zero-order valence-corrected chi connectivity index (χ0v) is 10.1. The molecule has 3 N–H and O–H groups in total. The molecular formula is C9H16N2O5S. The molecule has 1 rings (SSSR count). The van der Waals surface area contributed by atoms with Crippen molar-refractivity contribution in [1.29, 1.82) is 0 Å². The fraction of sp³-hybridized carbons (Fsp3) is 0.778. The number of hydrogen-bond donors (Lipinski definition) is 3. The standard InChI is InChI=1S/C9H16N2O5S/c12-8(10-6-9(13)14)5-11-17(15,16)7-3-1-2-4-7/h7,11H,1-6H2,(H,10,12)(H,13,14). The van der Waals surface area contributed by atoms with Gasteiger partial charge in [-0.1, -0.05) is 12.8 Å². The summed E-state index contributed by atoms with van der Waals surface area (Å²) in [4.78, 5) is 21.3. The molecule has 98 valence electrons. The Morgan fingerprint density at radius 3 is 2.29 bits per heavy atom. The topological polar surface area (TPSA) is 113 Å². The molecule has 0 aromatic rings. The van der Waals surface area contributed by atoms with Crippen molar-refractivity contribution in [2.75, 3.05) is 13.1 Å². The maximum absolute atomic E-state index is 11.7. The molecule has 0 aliphatic heterocycles. The van der Waals surface area contributed by atoms with Crippen molar-refractivity contribution in [1.82, 2.24) is 10.0 Å². The smallest absolute Gasteiger partial charge is 0.322 e. The Morgan fingerprint density at radius 1 is 1.18 bits per heavy atom. The van der Waals surface area contributed by atoms with Crippen LogP contribution in [-0.2, 0) is 19.6 Å². The van der Waals surface area contributed by atoms with Crippen LogP contribution >= 0.6 is 0 Å². The SMILES string of the molecule is O=C(O)CNC(=O)CNS(=O)(=O)C1CCCC1. The monoisotopic (exact) mass is 264 g/mol. The van der Waals surface area contributed by atoms with Crippen LogP contribution in [0, 0.1) is 0 Å². The van der Waals surface area contributed by atoms with Gasteiger partial charge in [-0.2, -0.15) is 0 Å². The summed E-state index contributed by atoms with van der Waals surface area (Å²) in [7, 11) is -3.45. The predicted molar refractivity (Wildman–Crippen MR) is 59.8 cm³/mol. The lowest BCUT2D eigenvalue weighted by atomic mass is 10.4. The Balaban J connectivity index is 2.33. The van der Waals surface area contributed by atoms with Gasteiger partial charge in [0.2, 0.25) is 15.9 Å². The number of rotatable bonds is 6. The minimum absolute atomic E-state index is 0.411. The van der Waals surface area contributed by atoms with Gasteiger partial charge in [0, 0.05) is 0 Å². The van der Waals surface area contributed by atoms with Crippen molar-refractivity contribution in [3.63, 3.8) is 0 Å². The Kier molecular flexibility index (Phi) is 4.88. The van der Waals surface area contributed by atoms with Crippen LogP contribution in [0.15, 0.2) is 0 Å².